The summed E-state index contributed by atoms with van der Waals surface area (Å²) in [6.45, 7) is 0.246. The van der Waals surface area contributed by atoms with Crippen LogP contribution in [-0.2, 0) is 0 Å². The number of nitriles is 1. The highest BCUT2D eigenvalue weighted by Crippen LogP contribution is 2.31. The van der Waals surface area contributed by atoms with Crippen LogP contribution >= 0.6 is 0 Å². The molecule has 5 nitrogen and oxygen atoms in total. The van der Waals surface area contributed by atoms with Crippen LogP contribution in [0, 0.1) is 11.3 Å². The molecule has 0 aliphatic rings. The average Bonchev–Trinajstić information content (AvgIpc) is 2.56. The number of methoxy groups -OCH3 is 1. The molecule has 2 aromatic rings. The SMILES string of the molecule is COc1cccc(C(=O)N(CCC#N)c2ccccc2)c1O. The fraction of sp³-hybridized carbons (Fsp3) is 0.176. The molecule has 0 aliphatic carbocycles. The van der Waals surface area contributed by atoms with Crippen molar-refractivity contribution in [1.29, 1.82) is 5.26 Å². The van der Waals surface area contributed by atoms with Gasteiger partial charge in [0, 0.05) is 12.2 Å². The van der Waals surface area contributed by atoms with E-state index >= 15 is 0 Å². The van der Waals surface area contributed by atoms with Gasteiger partial charge in [0.25, 0.3) is 5.91 Å². The number of rotatable bonds is 5. The van der Waals surface area contributed by atoms with Gasteiger partial charge in [0.05, 0.1) is 25.2 Å². The van der Waals surface area contributed by atoms with Crippen molar-refractivity contribution in [2.75, 3.05) is 18.6 Å². The van der Waals surface area contributed by atoms with Crippen LogP contribution in [-0.4, -0.2) is 24.7 Å². The Morgan fingerprint density at radius 3 is 2.59 bits per heavy atom. The van der Waals surface area contributed by atoms with Crippen LogP contribution in [0.4, 0.5) is 5.69 Å². The van der Waals surface area contributed by atoms with Crippen molar-refractivity contribution in [1.82, 2.24) is 0 Å². The van der Waals surface area contributed by atoms with Crippen molar-refractivity contribution in [3.8, 4) is 17.6 Å². The van der Waals surface area contributed by atoms with E-state index in [0.29, 0.717) is 5.69 Å². The van der Waals surface area contributed by atoms with Crippen molar-refractivity contribution < 1.29 is 14.6 Å². The minimum atomic E-state index is -0.377. The number of aromatic hydroxyl groups is 1. The van der Waals surface area contributed by atoms with E-state index in [2.05, 4.69) is 0 Å². The highest BCUT2D eigenvalue weighted by atomic mass is 16.5. The molecule has 0 radical (unpaired) electrons. The molecule has 1 amide bonds. The van der Waals surface area contributed by atoms with Crippen LogP contribution in [0.25, 0.3) is 0 Å². The minimum absolute atomic E-state index is 0.140. The van der Waals surface area contributed by atoms with Crippen LogP contribution < -0.4 is 9.64 Å². The van der Waals surface area contributed by atoms with Gasteiger partial charge in [-0.25, -0.2) is 0 Å². The third-order valence-electron chi connectivity index (χ3n) is 3.21. The van der Waals surface area contributed by atoms with E-state index in [-0.39, 0.29) is 35.9 Å². The van der Waals surface area contributed by atoms with E-state index in [1.165, 1.54) is 18.1 Å². The topological polar surface area (TPSA) is 73.6 Å². The van der Waals surface area contributed by atoms with Gasteiger partial charge in [0.1, 0.15) is 0 Å². The smallest absolute Gasteiger partial charge is 0.262 e. The Kier molecular flexibility index (Phi) is 4.99. The highest BCUT2D eigenvalue weighted by molar-refractivity contribution is 6.08. The van der Waals surface area contributed by atoms with Gasteiger partial charge in [-0.05, 0) is 24.3 Å². The Morgan fingerprint density at radius 2 is 1.95 bits per heavy atom. The van der Waals surface area contributed by atoms with Gasteiger partial charge in [-0.15, -0.1) is 0 Å². The molecule has 0 saturated heterocycles. The molecule has 0 heterocycles. The van der Waals surface area contributed by atoms with Gasteiger partial charge >= 0.3 is 0 Å². The molecule has 5 heteroatoms. The monoisotopic (exact) mass is 296 g/mol. The zero-order valence-electron chi connectivity index (χ0n) is 12.2. The second kappa shape index (κ2) is 7.14. The van der Waals surface area contributed by atoms with Crippen molar-refractivity contribution >= 4 is 11.6 Å². The zero-order chi connectivity index (χ0) is 15.9. The number of anilines is 1. The lowest BCUT2D eigenvalue weighted by atomic mass is 10.1. The third kappa shape index (κ3) is 3.18. The highest BCUT2D eigenvalue weighted by Gasteiger charge is 2.22. The second-order valence-corrected chi connectivity index (χ2v) is 4.56. The van der Waals surface area contributed by atoms with Crippen LogP contribution in [0.1, 0.15) is 16.8 Å². The fourth-order valence-electron chi connectivity index (χ4n) is 2.12. The van der Waals surface area contributed by atoms with E-state index < -0.39 is 0 Å². The number of amides is 1. The predicted octanol–water partition coefficient (Wildman–Crippen LogP) is 2.96. The molecule has 0 aliphatic heterocycles. The number of carbonyl (C=O) groups excluding carboxylic acids is 1. The summed E-state index contributed by atoms with van der Waals surface area (Å²) in [5.41, 5.74) is 0.811. The maximum Gasteiger partial charge on any atom is 0.262 e. The van der Waals surface area contributed by atoms with Gasteiger partial charge in [0.15, 0.2) is 11.5 Å². The molecule has 0 fully saturated rings. The Labute approximate surface area is 129 Å². The largest absolute Gasteiger partial charge is 0.504 e. The van der Waals surface area contributed by atoms with E-state index in [9.17, 15) is 9.90 Å². The molecule has 2 aromatic carbocycles. The number of benzene rings is 2. The van der Waals surface area contributed by atoms with Crippen molar-refractivity contribution in [3.63, 3.8) is 0 Å². The van der Waals surface area contributed by atoms with Crippen molar-refractivity contribution in [2.45, 2.75) is 6.42 Å². The normalized spacial score (nSPS) is 9.82. The second-order valence-electron chi connectivity index (χ2n) is 4.56. The summed E-state index contributed by atoms with van der Waals surface area (Å²) in [7, 11) is 1.42. The Bertz CT molecular complexity index is 693. The molecule has 0 atom stereocenters. The first kappa shape index (κ1) is 15.4. The average molecular weight is 296 g/mol. The molecule has 22 heavy (non-hydrogen) atoms. The van der Waals surface area contributed by atoms with Crippen LogP contribution in [0.3, 0.4) is 0 Å². The third-order valence-corrected chi connectivity index (χ3v) is 3.21. The summed E-state index contributed by atoms with van der Waals surface area (Å²) in [6, 6.07) is 15.8. The lowest BCUT2D eigenvalue weighted by Crippen LogP contribution is -2.31. The van der Waals surface area contributed by atoms with Gasteiger partial charge in [-0.3, -0.25) is 4.79 Å². The lowest BCUT2D eigenvalue weighted by Gasteiger charge is -2.22. The molecule has 0 spiro atoms. The van der Waals surface area contributed by atoms with E-state index in [1.54, 1.807) is 24.3 Å². The number of hydrogen-bond donors (Lipinski definition) is 1. The zero-order valence-corrected chi connectivity index (χ0v) is 12.2. The number of nitrogens with zero attached hydrogens (tertiary/aromatic N) is 2. The molecule has 112 valence electrons. The van der Waals surface area contributed by atoms with Crippen molar-refractivity contribution in [2.24, 2.45) is 0 Å². The lowest BCUT2D eigenvalue weighted by molar-refractivity contribution is 0.0984. The van der Waals surface area contributed by atoms with E-state index in [4.69, 9.17) is 10.00 Å². The number of phenolic OH excluding ortho intramolecular Hbond substituents is 1. The standard InChI is InChI=1S/C17H16N2O3/c1-22-15-10-5-9-14(16(15)20)17(21)19(12-6-11-18)13-7-3-2-4-8-13/h2-5,7-10,20H,6,12H2,1H3. The quantitative estimate of drug-likeness (QED) is 0.920. The molecular weight excluding hydrogens is 280 g/mol. The maximum absolute atomic E-state index is 12.7. The first-order chi connectivity index (χ1) is 10.7. The van der Waals surface area contributed by atoms with Gasteiger partial charge < -0.3 is 14.7 Å². The van der Waals surface area contributed by atoms with Gasteiger partial charge in [0.2, 0.25) is 0 Å². The number of para-hydroxylation sites is 2. The van der Waals surface area contributed by atoms with Crippen molar-refractivity contribution in [3.05, 3.63) is 54.1 Å². The summed E-state index contributed by atoms with van der Waals surface area (Å²) in [5.74, 6) is -0.343. The van der Waals surface area contributed by atoms with E-state index in [1.807, 2.05) is 24.3 Å². The summed E-state index contributed by atoms with van der Waals surface area (Å²) >= 11 is 0. The molecule has 0 saturated carbocycles. The number of ether oxygens (including phenoxy) is 1. The van der Waals surface area contributed by atoms with Crippen LogP contribution in [0.15, 0.2) is 48.5 Å². The molecule has 2 rings (SSSR count). The fourth-order valence-corrected chi connectivity index (χ4v) is 2.12. The molecule has 0 bridgehead atoms. The Morgan fingerprint density at radius 1 is 1.23 bits per heavy atom. The Hall–Kier alpha value is -3.00. The number of carbonyl (C=O) groups is 1. The summed E-state index contributed by atoms with van der Waals surface area (Å²) < 4.78 is 5.03. The molecule has 0 unspecified atom stereocenters. The van der Waals surface area contributed by atoms with Gasteiger partial charge in [-0.2, -0.15) is 5.26 Å². The first-order valence-corrected chi connectivity index (χ1v) is 6.79. The summed E-state index contributed by atoms with van der Waals surface area (Å²) in [4.78, 5) is 14.2. The van der Waals surface area contributed by atoms with Crippen LogP contribution in [0.5, 0.6) is 11.5 Å². The van der Waals surface area contributed by atoms with E-state index in [0.717, 1.165) is 0 Å². The first-order valence-electron chi connectivity index (χ1n) is 6.79. The predicted molar refractivity (Wildman–Crippen MR) is 83.0 cm³/mol. The number of hydrogen-bond acceptors (Lipinski definition) is 4. The van der Waals surface area contributed by atoms with Crippen LogP contribution in [0.2, 0.25) is 0 Å². The molecule has 0 aromatic heterocycles. The minimum Gasteiger partial charge on any atom is -0.504 e. The van der Waals surface area contributed by atoms with Gasteiger partial charge in [-0.1, -0.05) is 24.3 Å². The molecular formula is C17H16N2O3. The maximum atomic E-state index is 12.7. The summed E-state index contributed by atoms with van der Waals surface area (Å²) in [6.07, 6.45) is 0.200. The summed E-state index contributed by atoms with van der Waals surface area (Å²) in [5, 5.41) is 18.9. The molecule has 1 N–H and O–H groups in total. The number of phenols is 1. The Balaban J connectivity index is 2.40.